The van der Waals surface area contributed by atoms with Crippen LogP contribution in [0.2, 0.25) is 0 Å². The van der Waals surface area contributed by atoms with E-state index in [9.17, 15) is 24.0 Å². The Hall–Kier alpha value is -3.61. The molecule has 0 atom stereocenters. The largest absolute Gasteiger partial charge is 0.423 e. The van der Waals surface area contributed by atoms with Crippen LogP contribution in [0.3, 0.4) is 0 Å². The number of hydrogen-bond acceptors (Lipinski definition) is 7. The standard InChI is InChI=1S/C25H24O7/c1-15(26)31-23-11-9-17(12-24(23)32-16(2)27)8-10-20(28)25-21(29)13-19(14-22(25)30)18-6-4-3-5-7-18/h3-7,9,11-12,19,25H,8,10,13-14H2,1-2H3. The third-order valence-electron chi connectivity index (χ3n) is 5.31. The first-order chi connectivity index (χ1) is 15.2. The Morgan fingerprint density at radius 2 is 1.44 bits per heavy atom. The van der Waals surface area contributed by atoms with Crippen molar-refractivity contribution in [1.29, 1.82) is 0 Å². The second-order valence-electron chi connectivity index (χ2n) is 7.82. The van der Waals surface area contributed by atoms with Crippen LogP contribution in [0, 0.1) is 5.92 Å². The zero-order chi connectivity index (χ0) is 23.3. The molecule has 0 heterocycles. The van der Waals surface area contributed by atoms with Gasteiger partial charge in [-0.2, -0.15) is 0 Å². The fraction of sp³-hybridized carbons (Fsp3) is 0.320. The summed E-state index contributed by atoms with van der Waals surface area (Å²) in [6.45, 7) is 2.45. The summed E-state index contributed by atoms with van der Waals surface area (Å²) in [5.74, 6) is -3.51. The number of ether oxygens (including phenoxy) is 2. The molecule has 0 saturated heterocycles. The first-order valence-electron chi connectivity index (χ1n) is 10.4. The molecule has 7 nitrogen and oxygen atoms in total. The minimum Gasteiger partial charge on any atom is -0.423 e. The minimum atomic E-state index is -1.22. The SMILES string of the molecule is CC(=O)Oc1ccc(CCC(=O)C2C(=O)CC(c3ccccc3)CC2=O)cc1OC(C)=O. The quantitative estimate of drug-likeness (QED) is 0.372. The van der Waals surface area contributed by atoms with Crippen molar-refractivity contribution in [1.82, 2.24) is 0 Å². The van der Waals surface area contributed by atoms with Gasteiger partial charge in [-0.05, 0) is 35.6 Å². The van der Waals surface area contributed by atoms with Crippen LogP contribution >= 0.6 is 0 Å². The number of carbonyl (C=O) groups is 5. The Kier molecular flexibility index (Phi) is 7.30. The summed E-state index contributed by atoms with van der Waals surface area (Å²) in [6.07, 6.45) is 0.566. The first kappa shape index (κ1) is 23.1. The summed E-state index contributed by atoms with van der Waals surface area (Å²) < 4.78 is 10.1. The Morgan fingerprint density at radius 1 is 0.844 bits per heavy atom. The van der Waals surface area contributed by atoms with E-state index in [2.05, 4.69) is 0 Å². The van der Waals surface area contributed by atoms with Crippen molar-refractivity contribution in [2.45, 2.75) is 45.4 Å². The second kappa shape index (κ2) is 10.1. The van der Waals surface area contributed by atoms with Gasteiger partial charge in [0.15, 0.2) is 28.8 Å². The number of Topliss-reactive ketones (excluding diaryl/α,β-unsaturated/α-hetero) is 3. The van der Waals surface area contributed by atoms with Gasteiger partial charge < -0.3 is 9.47 Å². The van der Waals surface area contributed by atoms with Crippen LogP contribution in [0.4, 0.5) is 0 Å². The topological polar surface area (TPSA) is 104 Å². The zero-order valence-electron chi connectivity index (χ0n) is 18.0. The van der Waals surface area contributed by atoms with E-state index in [0.29, 0.717) is 5.56 Å². The maximum Gasteiger partial charge on any atom is 0.308 e. The Morgan fingerprint density at radius 3 is 2.03 bits per heavy atom. The van der Waals surface area contributed by atoms with E-state index in [4.69, 9.17) is 9.47 Å². The van der Waals surface area contributed by atoms with Crippen LogP contribution in [-0.2, 0) is 30.4 Å². The highest BCUT2D eigenvalue weighted by Gasteiger charge is 2.39. The van der Waals surface area contributed by atoms with Crippen molar-refractivity contribution in [2.24, 2.45) is 5.92 Å². The number of hydrogen-bond donors (Lipinski definition) is 0. The molecule has 0 N–H and O–H groups in total. The molecule has 0 amide bonds. The average Bonchev–Trinajstić information content (AvgIpc) is 2.73. The number of carbonyl (C=O) groups excluding carboxylic acids is 5. The number of ketones is 3. The van der Waals surface area contributed by atoms with Gasteiger partial charge in [0, 0.05) is 33.1 Å². The molecule has 2 aromatic rings. The summed E-state index contributed by atoms with van der Waals surface area (Å²) in [7, 11) is 0. The maximum absolute atomic E-state index is 12.7. The summed E-state index contributed by atoms with van der Waals surface area (Å²) >= 11 is 0. The van der Waals surface area contributed by atoms with Crippen LogP contribution in [0.25, 0.3) is 0 Å². The molecular weight excluding hydrogens is 412 g/mol. The van der Waals surface area contributed by atoms with Gasteiger partial charge in [0.25, 0.3) is 0 Å². The Labute approximate surface area is 185 Å². The molecule has 1 aliphatic rings. The van der Waals surface area contributed by atoms with Gasteiger partial charge in [-0.1, -0.05) is 36.4 Å². The van der Waals surface area contributed by atoms with Crippen molar-refractivity contribution in [3.8, 4) is 11.5 Å². The molecule has 7 heteroatoms. The van der Waals surface area contributed by atoms with E-state index in [1.165, 1.54) is 26.0 Å². The highest BCUT2D eigenvalue weighted by molar-refractivity contribution is 6.21. The molecule has 0 bridgehead atoms. The molecule has 0 aromatic heterocycles. The Balaban J connectivity index is 1.66. The van der Waals surface area contributed by atoms with Crippen LogP contribution in [0.15, 0.2) is 48.5 Å². The zero-order valence-corrected chi connectivity index (χ0v) is 18.0. The predicted octanol–water partition coefficient (Wildman–Crippen LogP) is 3.37. The lowest BCUT2D eigenvalue weighted by atomic mass is 9.74. The van der Waals surface area contributed by atoms with E-state index in [-0.39, 0.29) is 54.7 Å². The van der Waals surface area contributed by atoms with Crippen LogP contribution in [0.1, 0.15) is 50.2 Å². The maximum atomic E-state index is 12.7. The van der Waals surface area contributed by atoms with Crippen LogP contribution in [0.5, 0.6) is 11.5 Å². The second-order valence-corrected chi connectivity index (χ2v) is 7.82. The summed E-state index contributed by atoms with van der Waals surface area (Å²) in [4.78, 5) is 60.5. The van der Waals surface area contributed by atoms with E-state index < -0.39 is 23.6 Å². The molecule has 0 aliphatic heterocycles. The van der Waals surface area contributed by atoms with E-state index in [0.717, 1.165) is 5.56 Å². The molecule has 0 spiro atoms. The number of aryl methyl sites for hydroxylation is 1. The highest BCUT2D eigenvalue weighted by atomic mass is 16.6. The van der Waals surface area contributed by atoms with E-state index in [1.807, 2.05) is 30.3 Å². The molecule has 0 radical (unpaired) electrons. The first-order valence-corrected chi connectivity index (χ1v) is 10.4. The fourth-order valence-electron chi connectivity index (χ4n) is 3.89. The molecule has 166 valence electrons. The lowest BCUT2D eigenvalue weighted by Crippen LogP contribution is -2.38. The van der Waals surface area contributed by atoms with Crippen molar-refractivity contribution in [3.05, 3.63) is 59.7 Å². The lowest BCUT2D eigenvalue weighted by molar-refractivity contribution is -0.143. The third kappa shape index (κ3) is 5.75. The molecule has 1 fully saturated rings. The smallest absolute Gasteiger partial charge is 0.308 e. The monoisotopic (exact) mass is 436 g/mol. The Bertz CT molecular complexity index is 1040. The van der Waals surface area contributed by atoms with Gasteiger partial charge in [0.05, 0.1) is 0 Å². The molecule has 1 saturated carbocycles. The van der Waals surface area contributed by atoms with Gasteiger partial charge in [0.2, 0.25) is 0 Å². The number of rotatable bonds is 7. The summed E-state index contributed by atoms with van der Waals surface area (Å²) in [6, 6.07) is 14.0. The van der Waals surface area contributed by atoms with Gasteiger partial charge in [-0.3, -0.25) is 24.0 Å². The fourth-order valence-corrected chi connectivity index (χ4v) is 3.89. The molecule has 0 unspecified atom stereocenters. The van der Waals surface area contributed by atoms with Crippen molar-refractivity contribution >= 4 is 29.3 Å². The average molecular weight is 436 g/mol. The number of benzene rings is 2. The molecule has 32 heavy (non-hydrogen) atoms. The van der Waals surface area contributed by atoms with Crippen LogP contribution < -0.4 is 9.47 Å². The summed E-state index contributed by atoms with van der Waals surface area (Å²) in [5, 5.41) is 0. The molecule has 3 rings (SSSR count). The van der Waals surface area contributed by atoms with Crippen molar-refractivity contribution < 1.29 is 33.4 Å². The minimum absolute atomic E-state index is 0.00935. The van der Waals surface area contributed by atoms with Crippen molar-refractivity contribution in [2.75, 3.05) is 0 Å². The lowest BCUT2D eigenvalue weighted by Gasteiger charge is -2.26. The van der Waals surface area contributed by atoms with Gasteiger partial charge in [-0.15, -0.1) is 0 Å². The van der Waals surface area contributed by atoms with Crippen LogP contribution in [-0.4, -0.2) is 29.3 Å². The van der Waals surface area contributed by atoms with E-state index in [1.54, 1.807) is 6.07 Å². The molecular formula is C25H24O7. The number of esters is 2. The summed E-state index contributed by atoms with van der Waals surface area (Å²) in [5.41, 5.74) is 1.56. The van der Waals surface area contributed by atoms with Gasteiger partial charge in [0.1, 0.15) is 5.92 Å². The predicted molar refractivity (Wildman–Crippen MR) is 114 cm³/mol. The van der Waals surface area contributed by atoms with E-state index >= 15 is 0 Å². The van der Waals surface area contributed by atoms with Gasteiger partial charge in [-0.25, -0.2) is 0 Å². The molecule has 2 aromatic carbocycles. The molecule has 1 aliphatic carbocycles. The van der Waals surface area contributed by atoms with Gasteiger partial charge >= 0.3 is 11.9 Å². The normalized spacial score (nSPS) is 18.2. The highest BCUT2D eigenvalue weighted by Crippen LogP contribution is 2.33. The van der Waals surface area contributed by atoms with Crippen molar-refractivity contribution in [3.63, 3.8) is 0 Å². The third-order valence-corrected chi connectivity index (χ3v) is 5.31.